The maximum absolute atomic E-state index is 14.4. The van der Waals surface area contributed by atoms with E-state index in [0.717, 1.165) is 21.7 Å². The molecule has 0 bridgehead atoms. The first-order valence-electron chi connectivity index (χ1n) is 8.68. The molecule has 0 radical (unpaired) electrons. The Labute approximate surface area is 166 Å². The monoisotopic (exact) mass is 425 g/mol. The summed E-state index contributed by atoms with van der Waals surface area (Å²) in [6, 6.07) is 8.43. The van der Waals surface area contributed by atoms with E-state index in [-0.39, 0.29) is 15.8 Å². The molecule has 1 aromatic heterocycles. The van der Waals surface area contributed by atoms with Gasteiger partial charge in [-0.05, 0) is 36.4 Å². The Kier molecular flexibility index (Phi) is 5.99. The molecular weight excluding hydrogens is 405 g/mol. The lowest BCUT2D eigenvalue weighted by Crippen LogP contribution is -2.47. The zero-order chi connectivity index (χ0) is 20.3. The second-order valence-corrected chi connectivity index (χ2v) is 9.49. The van der Waals surface area contributed by atoms with Gasteiger partial charge in [-0.1, -0.05) is 18.2 Å². The molecule has 2 N–H and O–H groups in total. The van der Waals surface area contributed by atoms with Gasteiger partial charge in [-0.3, -0.25) is 13.9 Å². The van der Waals surface area contributed by atoms with Crippen molar-refractivity contribution >= 4 is 38.9 Å². The Morgan fingerprint density at radius 2 is 1.86 bits per heavy atom. The predicted octanol–water partition coefficient (Wildman–Crippen LogP) is 1.81. The number of primary amides is 1. The Hall–Kier alpha value is -2.46. The van der Waals surface area contributed by atoms with Crippen LogP contribution >= 0.6 is 11.3 Å². The number of anilines is 1. The van der Waals surface area contributed by atoms with Crippen LogP contribution in [0.5, 0.6) is 0 Å². The van der Waals surface area contributed by atoms with Gasteiger partial charge in [-0.25, -0.2) is 12.8 Å². The molecule has 2 aromatic rings. The van der Waals surface area contributed by atoms with Crippen molar-refractivity contribution < 1.29 is 22.4 Å². The number of rotatable bonds is 6. The molecule has 3 rings (SSSR count). The molecule has 1 saturated heterocycles. The van der Waals surface area contributed by atoms with Crippen molar-refractivity contribution in [2.45, 2.75) is 17.1 Å². The van der Waals surface area contributed by atoms with E-state index in [1.54, 1.807) is 11.4 Å². The molecule has 1 fully saturated rings. The van der Waals surface area contributed by atoms with E-state index in [2.05, 4.69) is 0 Å². The lowest BCUT2D eigenvalue weighted by atomic mass is 9.96. The fourth-order valence-electron chi connectivity index (χ4n) is 3.11. The number of hydrogen-bond donors (Lipinski definition) is 1. The number of thiophene rings is 1. The number of likely N-dealkylation sites (tertiary alicyclic amines) is 1. The van der Waals surface area contributed by atoms with Crippen molar-refractivity contribution in [3.05, 3.63) is 47.6 Å². The number of piperidine rings is 1. The molecule has 7 nitrogen and oxygen atoms in total. The Morgan fingerprint density at radius 1 is 1.18 bits per heavy atom. The molecule has 150 valence electrons. The number of sulfonamides is 1. The van der Waals surface area contributed by atoms with E-state index in [0.29, 0.717) is 25.9 Å². The highest BCUT2D eigenvalue weighted by Gasteiger charge is 2.33. The first kappa shape index (κ1) is 20.3. The second-order valence-electron chi connectivity index (χ2n) is 6.45. The SMILES string of the molecule is NC(=O)C1CCN(C(=O)CN(c2ccccc2F)S(=O)(=O)c2cccs2)CC1. The molecular formula is C18H20FN3O4S2. The van der Waals surface area contributed by atoms with Crippen molar-refractivity contribution in [3.8, 4) is 0 Å². The summed E-state index contributed by atoms with van der Waals surface area (Å²) in [6.45, 7) is 0.0790. The molecule has 1 aliphatic heterocycles. The number of carbonyl (C=O) groups is 2. The Morgan fingerprint density at radius 3 is 2.43 bits per heavy atom. The van der Waals surface area contributed by atoms with Crippen LogP contribution in [0, 0.1) is 11.7 Å². The number of nitrogens with two attached hydrogens (primary N) is 1. The lowest BCUT2D eigenvalue weighted by Gasteiger charge is -2.32. The van der Waals surface area contributed by atoms with Crippen LogP contribution in [0.4, 0.5) is 10.1 Å². The number of halogens is 1. The van der Waals surface area contributed by atoms with Crippen LogP contribution in [0.1, 0.15) is 12.8 Å². The summed E-state index contributed by atoms with van der Waals surface area (Å²) in [6.07, 6.45) is 0.858. The van der Waals surface area contributed by atoms with Gasteiger partial charge in [0.25, 0.3) is 10.0 Å². The minimum atomic E-state index is -4.10. The number of benzene rings is 1. The molecule has 1 aromatic carbocycles. The quantitative estimate of drug-likeness (QED) is 0.763. The zero-order valence-corrected chi connectivity index (χ0v) is 16.6. The third-order valence-electron chi connectivity index (χ3n) is 4.69. The second kappa shape index (κ2) is 8.27. The topological polar surface area (TPSA) is 101 Å². The van der Waals surface area contributed by atoms with Crippen molar-refractivity contribution in [1.82, 2.24) is 4.90 Å². The van der Waals surface area contributed by atoms with Crippen LogP contribution < -0.4 is 10.0 Å². The molecule has 0 atom stereocenters. The smallest absolute Gasteiger partial charge is 0.274 e. The van der Waals surface area contributed by atoms with Gasteiger partial charge < -0.3 is 10.6 Å². The number of hydrogen-bond acceptors (Lipinski definition) is 5. The Balaban J connectivity index is 1.86. The van der Waals surface area contributed by atoms with Gasteiger partial charge in [0.05, 0.1) is 5.69 Å². The standard InChI is InChI=1S/C18H20FN3O4S2/c19-14-4-1-2-5-15(14)22(28(25,26)17-6-3-11-27-17)12-16(23)21-9-7-13(8-10-21)18(20)24/h1-6,11,13H,7-10,12H2,(H2,20,24). The largest absolute Gasteiger partial charge is 0.369 e. The first-order valence-corrected chi connectivity index (χ1v) is 11.0. The molecule has 10 heteroatoms. The van der Waals surface area contributed by atoms with Gasteiger partial charge in [0, 0.05) is 19.0 Å². The molecule has 28 heavy (non-hydrogen) atoms. The first-order chi connectivity index (χ1) is 13.3. The third kappa shape index (κ3) is 4.17. The van der Waals surface area contributed by atoms with Crippen LogP contribution in [0.2, 0.25) is 0 Å². The minimum Gasteiger partial charge on any atom is -0.369 e. The van der Waals surface area contributed by atoms with E-state index in [9.17, 15) is 22.4 Å². The average Bonchev–Trinajstić information content (AvgIpc) is 3.22. The number of para-hydroxylation sites is 1. The van der Waals surface area contributed by atoms with Crippen LogP contribution in [0.3, 0.4) is 0 Å². The molecule has 2 amide bonds. The molecule has 2 heterocycles. The van der Waals surface area contributed by atoms with E-state index < -0.39 is 34.2 Å². The Bertz CT molecular complexity index is 955. The summed E-state index contributed by atoms with van der Waals surface area (Å²) in [5.74, 6) is -1.88. The number of nitrogens with zero attached hydrogens (tertiary/aromatic N) is 2. The van der Waals surface area contributed by atoms with Crippen LogP contribution in [-0.4, -0.2) is 44.8 Å². The summed E-state index contributed by atoms with van der Waals surface area (Å²) in [5, 5.41) is 1.60. The van der Waals surface area contributed by atoms with Crippen LogP contribution in [0.15, 0.2) is 46.0 Å². The van der Waals surface area contributed by atoms with Crippen molar-refractivity contribution in [1.29, 1.82) is 0 Å². The van der Waals surface area contributed by atoms with Crippen molar-refractivity contribution in [3.63, 3.8) is 0 Å². The summed E-state index contributed by atoms with van der Waals surface area (Å²) >= 11 is 0.997. The average molecular weight is 426 g/mol. The van der Waals surface area contributed by atoms with E-state index in [4.69, 9.17) is 5.73 Å². The van der Waals surface area contributed by atoms with Crippen molar-refractivity contribution in [2.24, 2.45) is 11.7 Å². The van der Waals surface area contributed by atoms with E-state index in [1.807, 2.05) is 0 Å². The maximum Gasteiger partial charge on any atom is 0.274 e. The predicted molar refractivity (Wildman–Crippen MR) is 104 cm³/mol. The van der Waals surface area contributed by atoms with Gasteiger partial charge in [-0.2, -0.15) is 0 Å². The highest BCUT2D eigenvalue weighted by atomic mass is 32.2. The van der Waals surface area contributed by atoms with Gasteiger partial charge >= 0.3 is 0 Å². The van der Waals surface area contributed by atoms with Crippen LogP contribution in [-0.2, 0) is 19.6 Å². The van der Waals surface area contributed by atoms with Gasteiger partial charge in [0.1, 0.15) is 16.6 Å². The fraction of sp³-hybridized carbons (Fsp3) is 0.333. The summed E-state index contributed by atoms with van der Waals surface area (Å²) < 4.78 is 41.3. The highest BCUT2D eigenvalue weighted by molar-refractivity contribution is 7.94. The van der Waals surface area contributed by atoms with Gasteiger partial charge in [0.15, 0.2) is 0 Å². The van der Waals surface area contributed by atoms with E-state index in [1.165, 1.54) is 29.2 Å². The van der Waals surface area contributed by atoms with Crippen LogP contribution in [0.25, 0.3) is 0 Å². The third-order valence-corrected chi connectivity index (χ3v) is 7.82. The number of carbonyl (C=O) groups excluding carboxylic acids is 2. The lowest BCUT2D eigenvalue weighted by molar-refractivity contribution is -0.133. The molecule has 0 unspecified atom stereocenters. The zero-order valence-electron chi connectivity index (χ0n) is 15.0. The molecule has 0 saturated carbocycles. The normalized spacial score (nSPS) is 15.4. The van der Waals surface area contributed by atoms with Gasteiger partial charge in [0.2, 0.25) is 11.8 Å². The molecule has 1 aliphatic rings. The maximum atomic E-state index is 14.4. The van der Waals surface area contributed by atoms with Gasteiger partial charge in [-0.15, -0.1) is 11.3 Å². The number of amides is 2. The van der Waals surface area contributed by atoms with E-state index >= 15 is 0 Å². The summed E-state index contributed by atoms with van der Waals surface area (Å²) in [7, 11) is -4.10. The minimum absolute atomic E-state index is 0.0241. The van der Waals surface area contributed by atoms with Crippen molar-refractivity contribution in [2.75, 3.05) is 23.9 Å². The fourth-order valence-corrected chi connectivity index (χ4v) is 5.64. The highest BCUT2D eigenvalue weighted by Crippen LogP contribution is 2.29. The summed E-state index contributed by atoms with van der Waals surface area (Å²) in [4.78, 5) is 25.5. The molecule has 0 spiro atoms. The molecule has 0 aliphatic carbocycles. The summed E-state index contributed by atoms with van der Waals surface area (Å²) in [5.41, 5.74) is 5.12.